The van der Waals surface area contributed by atoms with Crippen LogP contribution in [0.5, 0.6) is 0 Å². The number of rotatable bonds is 11. The van der Waals surface area contributed by atoms with E-state index in [0.717, 1.165) is 17.1 Å². The highest BCUT2D eigenvalue weighted by molar-refractivity contribution is 6.89. The molecular formula is C52H51NSi2. The van der Waals surface area contributed by atoms with Crippen molar-refractivity contribution in [3.8, 4) is 0 Å². The van der Waals surface area contributed by atoms with Gasteiger partial charge in [0.1, 0.15) is 0 Å². The fourth-order valence-corrected chi connectivity index (χ4v) is 9.07. The van der Waals surface area contributed by atoms with Gasteiger partial charge in [0, 0.05) is 17.1 Å². The predicted molar refractivity (Wildman–Crippen MR) is 251 cm³/mol. The van der Waals surface area contributed by atoms with E-state index in [0.29, 0.717) is 0 Å². The van der Waals surface area contributed by atoms with Crippen LogP contribution in [0.2, 0.25) is 39.3 Å². The zero-order valence-electron chi connectivity index (χ0n) is 33.0. The van der Waals surface area contributed by atoms with Gasteiger partial charge in [-0.3, -0.25) is 0 Å². The molecule has 7 aromatic carbocycles. The molecule has 0 atom stereocenters. The van der Waals surface area contributed by atoms with Crippen molar-refractivity contribution in [1.82, 2.24) is 0 Å². The molecule has 0 fully saturated rings. The average molecular weight is 746 g/mol. The zero-order valence-corrected chi connectivity index (χ0v) is 35.0. The number of hydrogen-bond acceptors (Lipinski definition) is 1. The standard InChI is InChI=1S/C52H51NSi2/c1-54(2,3)51-34-23-43(24-35-51)14-12-41-19-29-48(30-20-41)53(49-31-21-42(22-32-49)13-15-44-25-36-52(37-26-44)55(4,5)6)50-33-28-46-38-45(18-27-47(46)39-50)17-16-40-10-8-7-9-11-40/h7-39H,1-6H3/b14-12+,15-13+,17-16+. The topological polar surface area (TPSA) is 3.24 Å². The number of fused-ring (bicyclic) bond motifs is 1. The summed E-state index contributed by atoms with van der Waals surface area (Å²) < 4.78 is 0. The third-order valence-corrected chi connectivity index (χ3v) is 14.3. The lowest BCUT2D eigenvalue weighted by molar-refractivity contribution is 1.29. The maximum Gasteiger partial charge on any atom is 0.0775 e. The summed E-state index contributed by atoms with van der Waals surface area (Å²) in [5.74, 6) is 0. The molecule has 3 heteroatoms. The molecule has 7 rings (SSSR count). The van der Waals surface area contributed by atoms with Gasteiger partial charge < -0.3 is 4.90 Å². The summed E-state index contributed by atoms with van der Waals surface area (Å²) in [6.45, 7) is 14.3. The number of nitrogens with zero attached hydrogens (tertiary/aromatic N) is 1. The van der Waals surface area contributed by atoms with Gasteiger partial charge in [-0.15, -0.1) is 0 Å². The summed E-state index contributed by atoms with van der Waals surface area (Å²) >= 11 is 0. The van der Waals surface area contributed by atoms with Crippen LogP contribution in [0.15, 0.2) is 164 Å². The number of benzene rings is 7. The van der Waals surface area contributed by atoms with Crippen LogP contribution in [0.1, 0.15) is 33.4 Å². The Morgan fingerprint density at radius 1 is 0.309 bits per heavy atom. The zero-order chi connectivity index (χ0) is 38.4. The Balaban J connectivity index is 1.17. The van der Waals surface area contributed by atoms with Crippen molar-refractivity contribution >= 4 is 90.8 Å². The van der Waals surface area contributed by atoms with E-state index in [9.17, 15) is 0 Å². The molecule has 272 valence electrons. The first-order valence-electron chi connectivity index (χ1n) is 19.3. The van der Waals surface area contributed by atoms with Crippen LogP contribution in [0.3, 0.4) is 0 Å². The van der Waals surface area contributed by atoms with E-state index in [-0.39, 0.29) is 0 Å². The second-order valence-electron chi connectivity index (χ2n) is 16.5. The molecule has 0 aliphatic rings. The maximum atomic E-state index is 2.39. The Labute approximate surface area is 330 Å². The molecule has 0 aliphatic heterocycles. The minimum Gasteiger partial charge on any atom is -0.310 e. The molecule has 0 saturated carbocycles. The SMILES string of the molecule is C[Si](C)(C)c1ccc(/C=C/c2ccc(N(c3ccc(/C=C/c4ccc([Si](C)(C)C)cc4)cc3)c3ccc4cc(/C=C/c5ccccc5)ccc4c3)cc2)cc1. The van der Waals surface area contributed by atoms with E-state index in [1.165, 1.54) is 54.5 Å². The largest absolute Gasteiger partial charge is 0.310 e. The third kappa shape index (κ3) is 9.68. The van der Waals surface area contributed by atoms with Gasteiger partial charge in [0.25, 0.3) is 0 Å². The lowest BCUT2D eigenvalue weighted by atomic mass is 10.0. The highest BCUT2D eigenvalue weighted by atomic mass is 28.3. The monoisotopic (exact) mass is 745 g/mol. The van der Waals surface area contributed by atoms with E-state index in [2.05, 4.69) is 244 Å². The van der Waals surface area contributed by atoms with Gasteiger partial charge in [-0.2, -0.15) is 0 Å². The highest BCUT2D eigenvalue weighted by Crippen LogP contribution is 2.37. The first-order chi connectivity index (χ1) is 26.5. The normalized spacial score (nSPS) is 12.3. The smallest absolute Gasteiger partial charge is 0.0775 e. The molecule has 0 saturated heterocycles. The molecule has 0 unspecified atom stereocenters. The molecule has 0 aromatic heterocycles. The van der Waals surface area contributed by atoms with Crippen LogP contribution in [0.25, 0.3) is 47.2 Å². The molecular weight excluding hydrogens is 695 g/mol. The molecule has 1 nitrogen and oxygen atoms in total. The van der Waals surface area contributed by atoms with E-state index < -0.39 is 16.1 Å². The lowest BCUT2D eigenvalue weighted by Gasteiger charge is -2.26. The van der Waals surface area contributed by atoms with Gasteiger partial charge in [-0.25, -0.2) is 0 Å². The molecule has 0 N–H and O–H groups in total. The first-order valence-corrected chi connectivity index (χ1v) is 26.3. The molecule has 0 heterocycles. The average Bonchev–Trinajstić information content (AvgIpc) is 3.19. The third-order valence-electron chi connectivity index (χ3n) is 10.2. The van der Waals surface area contributed by atoms with E-state index in [1.807, 2.05) is 0 Å². The van der Waals surface area contributed by atoms with Crippen molar-refractivity contribution in [2.24, 2.45) is 0 Å². The summed E-state index contributed by atoms with van der Waals surface area (Å²) in [6.07, 6.45) is 13.2. The summed E-state index contributed by atoms with van der Waals surface area (Å²) in [7, 11) is -2.62. The van der Waals surface area contributed by atoms with Crippen molar-refractivity contribution in [3.05, 3.63) is 197 Å². The first kappa shape index (κ1) is 37.6. The van der Waals surface area contributed by atoms with Crippen LogP contribution in [-0.4, -0.2) is 16.1 Å². The van der Waals surface area contributed by atoms with Crippen LogP contribution in [-0.2, 0) is 0 Å². The minimum absolute atomic E-state index is 1.11. The summed E-state index contributed by atoms with van der Waals surface area (Å²) in [4.78, 5) is 2.36. The molecule has 0 amide bonds. The minimum atomic E-state index is -1.31. The summed E-state index contributed by atoms with van der Waals surface area (Å²) in [6, 6.07) is 59.9. The molecule has 0 spiro atoms. The summed E-state index contributed by atoms with van der Waals surface area (Å²) in [5, 5.41) is 5.40. The maximum absolute atomic E-state index is 2.39. The Morgan fingerprint density at radius 3 is 1.07 bits per heavy atom. The lowest BCUT2D eigenvalue weighted by Crippen LogP contribution is -2.37. The Hall–Kier alpha value is -5.75. The Morgan fingerprint density at radius 2 is 0.636 bits per heavy atom. The van der Waals surface area contributed by atoms with Crippen molar-refractivity contribution in [3.63, 3.8) is 0 Å². The van der Waals surface area contributed by atoms with E-state index >= 15 is 0 Å². The van der Waals surface area contributed by atoms with Crippen LogP contribution in [0.4, 0.5) is 17.1 Å². The van der Waals surface area contributed by atoms with Gasteiger partial charge in [0.15, 0.2) is 0 Å². The summed E-state index contributed by atoms with van der Waals surface area (Å²) in [5.41, 5.74) is 10.5. The van der Waals surface area contributed by atoms with Crippen LogP contribution >= 0.6 is 0 Å². The van der Waals surface area contributed by atoms with Crippen LogP contribution in [0, 0.1) is 0 Å². The van der Waals surface area contributed by atoms with Crippen LogP contribution < -0.4 is 15.3 Å². The van der Waals surface area contributed by atoms with Crippen molar-refractivity contribution in [2.45, 2.75) is 39.3 Å². The van der Waals surface area contributed by atoms with Gasteiger partial charge >= 0.3 is 0 Å². The van der Waals surface area contributed by atoms with Crippen molar-refractivity contribution in [2.75, 3.05) is 4.90 Å². The predicted octanol–water partition coefficient (Wildman–Crippen LogP) is 13.9. The quantitative estimate of drug-likeness (QED) is 0.0941. The van der Waals surface area contributed by atoms with Crippen molar-refractivity contribution < 1.29 is 0 Å². The highest BCUT2D eigenvalue weighted by Gasteiger charge is 2.17. The van der Waals surface area contributed by atoms with Gasteiger partial charge in [0.05, 0.1) is 16.1 Å². The molecule has 0 aliphatic carbocycles. The van der Waals surface area contributed by atoms with Gasteiger partial charge in [-0.05, 0) is 86.6 Å². The van der Waals surface area contributed by atoms with Gasteiger partial charge in [-0.1, -0.05) is 207 Å². The van der Waals surface area contributed by atoms with E-state index in [1.54, 1.807) is 0 Å². The van der Waals surface area contributed by atoms with E-state index in [4.69, 9.17) is 0 Å². The fraction of sp³-hybridized carbons (Fsp3) is 0.115. The molecule has 0 bridgehead atoms. The second-order valence-corrected chi connectivity index (χ2v) is 26.6. The number of anilines is 3. The molecule has 7 aromatic rings. The van der Waals surface area contributed by atoms with Gasteiger partial charge in [0.2, 0.25) is 0 Å². The molecule has 55 heavy (non-hydrogen) atoms. The number of hydrogen-bond donors (Lipinski definition) is 0. The molecule has 0 radical (unpaired) electrons. The second kappa shape index (κ2) is 16.3. The Bertz CT molecular complexity index is 2330. The van der Waals surface area contributed by atoms with Crippen molar-refractivity contribution in [1.29, 1.82) is 0 Å². The Kier molecular flexibility index (Phi) is 11.1. The fourth-order valence-electron chi connectivity index (χ4n) is 6.74.